The molecule has 27 heavy (non-hydrogen) atoms. The fourth-order valence-corrected chi connectivity index (χ4v) is 7.50. The van der Waals surface area contributed by atoms with Gasteiger partial charge in [-0.3, -0.25) is 3.11 Å². The van der Waals surface area contributed by atoms with Crippen LogP contribution in [0.3, 0.4) is 0 Å². The molecule has 0 bridgehead atoms. The van der Waals surface area contributed by atoms with E-state index in [9.17, 15) is 5.26 Å². The van der Waals surface area contributed by atoms with Gasteiger partial charge in [0.2, 0.25) is 0 Å². The molecule has 0 fully saturated rings. The van der Waals surface area contributed by atoms with Crippen LogP contribution in [-0.2, 0) is 0 Å². The summed E-state index contributed by atoms with van der Waals surface area (Å²) in [5.41, 5.74) is 3.20. The van der Waals surface area contributed by atoms with Gasteiger partial charge in [-0.15, -0.1) is 11.3 Å². The molecule has 0 N–H and O–H groups in total. The number of rotatable bonds is 3. The van der Waals surface area contributed by atoms with E-state index in [0.717, 1.165) is 10.3 Å². The molecule has 1 heterocycles. The maximum Gasteiger partial charge on any atom is 0.101 e. The van der Waals surface area contributed by atoms with Crippen LogP contribution in [0.15, 0.2) is 60.7 Å². The van der Waals surface area contributed by atoms with E-state index in [4.69, 9.17) is 0 Å². The second kappa shape index (κ2) is 6.93. The number of hydrogen-bond donors (Lipinski definition) is 0. The standard InChI is InChI=1S/C22H19IN2SSi/c1-27(2,3)20-13-5-4-11-18(20)25(23)19-12-7-10-17-16-9-6-8-15(14-24)21(16)26-22(17)19/h4-13H,1-3H3. The summed E-state index contributed by atoms with van der Waals surface area (Å²) in [7, 11) is -1.47. The lowest BCUT2D eigenvalue weighted by Crippen LogP contribution is -2.39. The lowest BCUT2D eigenvalue weighted by atomic mass is 10.1. The van der Waals surface area contributed by atoms with Gasteiger partial charge in [-0.05, 0) is 23.4 Å². The number of nitrogens with zero attached hydrogens (tertiary/aromatic N) is 2. The SMILES string of the molecule is C[Si](C)(C)c1ccccc1N(I)c1cccc2c1sc1c(C#N)cccc12. The molecular weight excluding hydrogens is 479 g/mol. The van der Waals surface area contributed by atoms with Gasteiger partial charge in [0.15, 0.2) is 0 Å². The van der Waals surface area contributed by atoms with Crippen molar-refractivity contribution in [1.82, 2.24) is 0 Å². The molecule has 0 atom stereocenters. The van der Waals surface area contributed by atoms with Crippen molar-refractivity contribution in [2.24, 2.45) is 0 Å². The Morgan fingerprint density at radius 3 is 2.19 bits per heavy atom. The molecule has 0 unspecified atom stereocenters. The van der Waals surface area contributed by atoms with Crippen LogP contribution in [0.25, 0.3) is 20.2 Å². The third-order valence-electron chi connectivity index (χ3n) is 4.76. The van der Waals surface area contributed by atoms with Crippen molar-refractivity contribution in [3.05, 3.63) is 66.2 Å². The van der Waals surface area contributed by atoms with Crippen molar-refractivity contribution in [3.63, 3.8) is 0 Å². The monoisotopic (exact) mass is 498 g/mol. The molecule has 0 saturated heterocycles. The van der Waals surface area contributed by atoms with Crippen LogP contribution in [0.5, 0.6) is 0 Å². The highest BCUT2D eigenvalue weighted by Gasteiger charge is 2.24. The predicted molar refractivity (Wildman–Crippen MR) is 130 cm³/mol. The van der Waals surface area contributed by atoms with Gasteiger partial charge in [0, 0.05) is 10.8 Å². The van der Waals surface area contributed by atoms with E-state index < -0.39 is 8.07 Å². The molecule has 0 aliphatic rings. The Kier molecular flexibility index (Phi) is 4.74. The van der Waals surface area contributed by atoms with E-state index in [0.29, 0.717) is 0 Å². The maximum absolute atomic E-state index is 9.49. The zero-order chi connectivity index (χ0) is 19.2. The number of para-hydroxylation sites is 1. The summed E-state index contributed by atoms with van der Waals surface area (Å²) in [6.07, 6.45) is 0. The van der Waals surface area contributed by atoms with Crippen LogP contribution in [0.1, 0.15) is 5.56 Å². The number of fused-ring (bicyclic) bond motifs is 3. The zero-order valence-corrected chi connectivity index (χ0v) is 19.4. The number of benzene rings is 3. The Morgan fingerprint density at radius 2 is 1.48 bits per heavy atom. The zero-order valence-electron chi connectivity index (χ0n) is 15.5. The second-order valence-electron chi connectivity index (χ2n) is 7.60. The highest BCUT2D eigenvalue weighted by Crippen LogP contribution is 2.43. The van der Waals surface area contributed by atoms with Crippen LogP contribution in [0.2, 0.25) is 19.6 Å². The van der Waals surface area contributed by atoms with Crippen LogP contribution in [0.4, 0.5) is 11.4 Å². The quantitative estimate of drug-likeness (QED) is 0.174. The minimum atomic E-state index is -1.47. The Morgan fingerprint density at radius 1 is 0.852 bits per heavy atom. The third kappa shape index (κ3) is 3.16. The molecule has 0 amide bonds. The summed E-state index contributed by atoms with van der Waals surface area (Å²) in [5, 5.41) is 13.3. The molecular formula is C22H19IN2SSi. The number of anilines is 2. The summed E-state index contributed by atoms with van der Waals surface area (Å²) < 4.78 is 4.59. The Labute approximate surface area is 178 Å². The van der Waals surface area contributed by atoms with Crippen LogP contribution >= 0.6 is 34.2 Å². The molecule has 0 aliphatic heterocycles. The first kappa shape index (κ1) is 18.5. The highest BCUT2D eigenvalue weighted by molar-refractivity contribution is 14.1. The maximum atomic E-state index is 9.49. The number of halogens is 1. The lowest BCUT2D eigenvalue weighted by Gasteiger charge is -2.26. The predicted octanol–water partition coefficient (Wildman–Crippen LogP) is 6.96. The highest BCUT2D eigenvalue weighted by atomic mass is 127. The molecule has 0 saturated carbocycles. The smallest absolute Gasteiger partial charge is 0.101 e. The molecule has 134 valence electrons. The van der Waals surface area contributed by atoms with Gasteiger partial charge in [-0.25, -0.2) is 0 Å². The molecule has 0 radical (unpaired) electrons. The number of nitriles is 1. The first-order chi connectivity index (χ1) is 12.9. The summed E-state index contributed by atoms with van der Waals surface area (Å²) in [5.74, 6) is 0. The van der Waals surface area contributed by atoms with Crippen molar-refractivity contribution in [2.45, 2.75) is 19.6 Å². The number of hydrogen-bond acceptors (Lipinski definition) is 3. The third-order valence-corrected chi connectivity index (χ3v) is 9.11. The largest absolute Gasteiger partial charge is 0.282 e. The summed E-state index contributed by atoms with van der Waals surface area (Å²) in [6.45, 7) is 7.15. The molecule has 4 rings (SSSR count). The Balaban J connectivity index is 1.97. The molecule has 1 aromatic heterocycles. The first-order valence-corrected chi connectivity index (χ1v) is 14.1. The van der Waals surface area contributed by atoms with Gasteiger partial charge in [-0.2, -0.15) is 5.26 Å². The van der Waals surface area contributed by atoms with Crippen molar-refractivity contribution >= 4 is 79.0 Å². The fourth-order valence-electron chi connectivity index (χ4n) is 3.46. The van der Waals surface area contributed by atoms with E-state index in [1.54, 1.807) is 11.3 Å². The van der Waals surface area contributed by atoms with Crippen LogP contribution in [-0.4, -0.2) is 8.07 Å². The Hall–Kier alpha value is -1.88. The van der Waals surface area contributed by atoms with Crippen molar-refractivity contribution in [2.75, 3.05) is 3.11 Å². The molecule has 4 aromatic rings. The van der Waals surface area contributed by atoms with E-state index in [1.165, 1.54) is 32.0 Å². The average molecular weight is 498 g/mol. The van der Waals surface area contributed by atoms with E-state index in [-0.39, 0.29) is 0 Å². The van der Waals surface area contributed by atoms with Gasteiger partial charge in [0.1, 0.15) is 6.07 Å². The average Bonchev–Trinajstić information content (AvgIpc) is 3.05. The minimum absolute atomic E-state index is 0.752. The van der Waals surface area contributed by atoms with Crippen molar-refractivity contribution < 1.29 is 0 Å². The minimum Gasteiger partial charge on any atom is -0.282 e. The first-order valence-electron chi connectivity index (χ1n) is 8.81. The second-order valence-corrected chi connectivity index (χ2v) is 14.6. The van der Waals surface area contributed by atoms with E-state index in [1.807, 2.05) is 12.1 Å². The summed E-state index contributed by atoms with van der Waals surface area (Å²) >= 11 is 4.15. The molecule has 5 heteroatoms. The van der Waals surface area contributed by atoms with E-state index >= 15 is 0 Å². The van der Waals surface area contributed by atoms with Crippen molar-refractivity contribution in [1.29, 1.82) is 5.26 Å². The number of thiophene rings is 1. The normalized spacial score (nSPS) is 11.7. The summed E-state index contributed by atoms with van der Waals surface area (Å²) in [6, 6.07) is 23.5. The van der Waals surface area contributed by atoms with Crippen LogP contribution in [0, 0.1) is 11.3 Å². The molecule has 0 aliphatic carbocycles. The van der Waals surface area contributed by atoms with Gasteiger partial charge in [0.25, 0.3) is 0 Å². The fraction of sp³-hybridized carbons (Fsp3) is 0.136. The Bertz CT molecular complexity index is 1200. The van der Waals surface area contributed by atoms with Gasteiger partial charge in [-0.1, -0.05) is 62.1 Å². The molecule has 2 nitrogen and oxygen atoms in total. The molecule has 3 aromatic carbocycles. The molecule has 0 spiro atoms. The van der Waals surface area contributed by atoms with E-state index in [2.05, 4.69) is 100 Å². The topological polar surface area (TPSA) is 27.0 Å². The van der Waals surface area contributed by atoms with Gasteiger partial charge >= 0.3 is 0 Å². The van der Waals surface area contributed by atoms with Gasteiger partial charge in [0.05, 0.1) is 57.3 Å². The van der Waals surface area contributed by atoms with Crippen molar-refractivity contribution in [3.8, 4) is 6.07 Å². The van der Waals surface area contributed by atoms with Gasteiger partial charge < -0.3 is 0 Å². The van der Waals surface area contributed by atoms with Crippen LogP contribution < -0.4 is 8.30 Å². The lowest BCUT2D eigenvalue weighted by molar-refractivity contribution is 1.51. The summed E-state index contributed by atoms with van der Waals surface area (Å²) in [4.78, 5) is 0.